The molecule has 0 aliphatic carbocycles. The van der Waals surface area contributed by atoms with Gasteiger partial charge in [0.15, 0.2) is 11.5 Å². The van der Waals surface area contributed by atoms with Crippen LogP contribution in [0.1, 0.15) is 6.42 Å². The number of hydrogen-bond donors (Lipinski definition) is 3. The van der Waals surface area contributed by atoms with E-state index in [1.165, 1.54) is 0 Å². The molecule has 136 valence electrons. The molecule has 0 saturated carbocycles. The summed E-state index contributed by atoms with van der Waals surface area (Å²) in [6.45, 7) is 1.23. The van der Waals surface area contributed by atoms with Gasteiger partial charge in [0.2, 0.25) is 5.91 Å². The standard InChI is InChI=1S/C18H18BrN3O4/c19-12-1-3-13(4-2-12)22-18(24)20-8-7-17(23)21-14-5-6-15-16(11-14)26-10-9-25-15/h1-6,11H,7-10H2,(H,21,23)(H2,20,22,24). The molecule has 1 heterocycles. The molecule has 7 nitrogen and oxygen atoms in total. The van der Waals surface area contributed by atoms with Crippen LogP contribution in [0.15, 0.2) is 46.9 Å². The molecular formula is C18H18BrN3O4. The third kappa shape index (κ3) is 5.13. The highest BCUT2D eigenvalue weighted by Crippen LogP contribution is 2.32. The van der Waals surface area contributed by atoms with Crippen LogP contribution in [0.3, 0.4) is 0 Å². The lowest BCUT2D eigenvalue weighted by molar-refractivity contribution is -0.116. The van der Waals surface area contributed by atoms with Crippen LogP contribution >= 0.6 is 15.9 Å². The second kappa shape index (κ2) is 8.57. The fraction of sp³-hybridized carbons (Fsp3) is 0.222. The Hall–Kier alpha value is -2.74. The highest BCUT2D eigenvalue weighted by molar-refractivity contribution is 9.10. The van der Waals surface area contributed by atoms with Crippen LogP contribution in [0.2, 0.25) is 0 Å². The van der Waals surface area contributed by atoms with Gasteiger partial charge in [-0.15, -0.1) is 0 Å². The van der Waals surface area contributed by atoms with E-state index in [1.54, 1.807) is 30.3 Å². The number of nitrogens with one attached hydrogen (secondary N) is 3. The van der Waals surface area contributed by atoms with Crippen molar-refractivity contribution >= 4 is 39.2 Å². The smallest absolute Gasteiger partial charge is 0.319 e. The molecule has 3 amide bonds. The molecule has 0 radical (unpaired) electrons. The number of anilines is 2. The molecule has 26 heavy (non-hydrogen) atoms. The highest BCUT2D eigenvalue weighted by Gasteiger charge is 2.13. The molecule has 0 aromatic heterocycles. The second-order valence-corrected chi connectivity index (χ2v) is 6.46. The van der Waals surface area contributed by atoms with Gasteiger partial charge >= 0.3 is 6.03 Å². The summed E-state index contributed by atoms with van der Waals surface area (Å²) in [5.41, 5.74) is 1.30. The first-order valence-electron chi connectivity index (χ1n) is 8.10. The quantitative estimate of drug-likeness (QED) is 0.692. The molecule has 0 bridgehead atoms. The van der Waals surface area contributed by atoms with Crippen LogP contribution in [0, 0.1) is 0 Å². The molecule has 0 fully saturated rings. The second-order valence-electron chi connectivity index (χ2n) is 5.54. The molecule has 1 aliphatic rings. The highest BCUT2D eigenvalue weighted by atomic mass is 79.9. The van der Waals surface area contributed by atoms with Gasteiger partial charge < -0.3 is 25.4 Å². The zero-order valence-electron chi connectivity index (χ0n) is 13.9. The molecule has 3 rings (SSSR count). The monoisotopic (exact) mass is 419 g/mol. The molecule has 0 unspecified atom stereocenters. The van der Waals surface area contributed by atoms with Gasteiger partial charge in [0.1, 0.15) is 13.2 Å². The maximum Gasteiger partial charge on any atom is 0.319 e. The average Bonchev–Trinajstić information content (AvgIpc) is 2.63. The van der Waals surface area contributed by atoms with Crippen LogP contribution in [-0.2, 0) is 4.79 Å². The predicted octanol–water partition coefficient (Wildman–Crippen LogP) is 3.37. The van der Waals surface area contributed by atoms with Gasteiger partial charge in [-0.1, -0.05) is 15.9 Å². The summed E-state index contributed by atoms with van der Waals surface area (Å²) in [6, 6.07) is 12.1. The normalized spacial score (nSPS) is 12.2. The topological polar surface area (TPSA) is 88.7 Å². The van der Waals surface area contributed by atoms with Gasteiger partial charge in [-0.2, -0.15) is 0 Å². The van der Waals surface area contributed by atoms with Gasteiger partial charge in [-0.25, -0.2) is 4.79 Å². The summed E-state index contributed by atoms with van der Waals surface area (Å²) in [5.74, 6) is 1.08. The summed E-state index contributed by atoms with van der Waals surface area (Å²) in [7, 11) is 0. The Morgan fingerprint density at radius 2 is 1.62 bits per heavy atom. The Morgan fingerprint density at radius 1 is 0.923 bits per heavy atom. The van der Waals surface area contributed by atoms with E-state index in [0.29, 0.717) is 36.1 Å². The van der Waals surface area contributed by atoms with E-state index in [9.17, 15) is 9.59 Å². The van der Waals surface area contributed by atoms with E-state index in [-0.39, 0.29) is 24.9 Å². The van der Waals surface area contributed by atoms with Gasteiger partial charge in [0.05, 0.1) is 0 Å². The fourth-order valence-corrected chi connectivity index (χ4v) is 2.61. The Labute approximate surface area is 159 Å². The van der Waals surface area contributed by atoms with Crippen molar-refractivity contribution in [3.8, 4) is 11.5 Å². The number of benzene rings is 2. The first kappa shape index (κ1) is 18.1. The first-order valence-corrected chi connectivity index (χ1v) is 8.89. The maximum absolute atomic E-state index is 12.0. The fourth-order valence-electron chi connectivity index (χ4n) is 2.34. The third-order valence-electron chi connectivity index (χ3n) is 3.57. The van der Waals surface area contributed by atoms with E-state index < -0.39 is 0 Å². The van der Waals surface area contributed by atoms with Gasteiger partial charge in [-0.3, -0.25) is 4.79 Å². The van der Waals surface area contributed by atoms with Crippen molar-refractivity contribution in [2.24, 2.45) is 0 Å². The molecule has 3 N–H and O–H groups in total. The zero-order valence-corrected chi connectivity index (χ0v) is 15.5. The zero-order chi connectivity index (χ0) is 18.4. The average molecular weight is 420 g/mol. The molecular weight excluding hydrogens is 402 g/mol. The third-order valence-corrected chi connectivity index (χ3v) is 4.09. The minimum atomic E-state index is -0.362. The van der Waals surface area contributed by atoms with E-state index in [0.717, 1.165) is 4.47 Å². The van der Waals surface area contributed by atoms with Gasteiger partial charge in [0.25, 0.3) is 0 Å². The molecule has 8 heteroatoms. The maximum atomic E-state index is 12.0. The first-order chi connectivity index (χ1) is 12.6. The van der Waals surface area contributed by atoms with Crippen LogP contribution < -0.4 is 25.4 Å². The van der Waals surface area contributed by atoms with Gasteiger partial charge in [0, 0.05) is 34.9 Å². The number of carbonyl (C=O) groups is 2. The van der Waals surface area contributed by atoms with Crippen molar-refractivity contribution in [3.05, 3.63) is 46.9 Å². The van der Waals surface area contributed by atoms with E-state index in [4.69, 9.17) is 9.47 Å². The number of fused-ring (bicyclic) bond motifs is 1. The van der Waals surface area contributed by atoms with Crippen molar-refractivity contribution in [2.75, 3.05) is 30.4 Å². The minimum Gasteiger partial charge on any atom is -0.486 e. The van der Waals surface area contributed by atoms with Crippen molar-refractivity contribution in [2.45, 2.75) is 6.42 Å². The largest absolute Gasteiger partial charge is 0.486 e. The Bertz CT molecular complexity index is 796. The summed E-state index contributed by atoms with van der Waals surface area (Å²) in [4.78, 5) is 23.8. The molecule has 2 aromatic rings. The Morgan fingerprint density at radius 3 is 2.38 bits per heavy atom. The summed E-state index contributed by atoms with van der Waals surface area (Å²) >= 11 is 3.33. The number of rotatable bonds is 5. The molecule has 0 spiro atoms. The van der Waals surface area contributed by atoms with Crippen molar-refractivity contribution in [1.82, 2.24) is 5.32 Å². The number of halogens is 1. The SMILES string of the molecule is O=C(CCNC(=O)Nc1ccc(Br)cc1)Nc1ccc2c(c1)OCCO2. The summed E-state index contributed by atoms with van der Waals surface area (Å²) in [6.07, 6.45) is 0.155. The van der Waals surface area contributed by atoms with Crippen molar-refractivity contribution < 1.29 is 19.1 Å². The lowest BCUT2D eigenvalue weighted by atomic mass is 10.2. The van der Waals surface area contributed by atoms with Crippen molar-refractivity contribution in [3.63, 3.8) is 0 Å². The Balaban J connectivity index is 1.41. The Kier molecular flexibility index (Phi) is 5.96. The summed E-state index contributed by atoms with van der Waals surface area (Å²) < 4.78 is 11.8. The predicted molar refractivity (Wildman–Crippen MR) is 102 cm³/mol. The molecule has 0 saturated heterocycles. The molecule has 0 atom stereocenters. The van der Waals surface area contributed by atoms with E-state index >= 15 is 0 Å². The number of carbonyl (C=O) groups excluding carboxylic acids is 2. The van der Waals surface area contributed by atoms with E-state index in [2.05, 4.69) is 31.9 Å². The molecule has 2 aromatic carbocycles. The lowest BCUT2D eigenvalue weighted by Gasteiger charge is -2.19. The van der Waals surface area contributed by atoms with Gasteiger partial charge in [-0.05, 0) is 36.4 Å². The van der Waals surface area contributed by atoms with E-state index in [1.807, 2.05) is 12.1 Å². The van der Waals surface area contributed by atoms with Crippen LogP contribution in [0.25, 0.3) is 0 Å². The van der Waals surface area contributed by atoms with Crippen LogP contribution in [0.4, 0.5) is 16.2 Å². The molecule has 1 aliphatic heterocycles. The van der Waals surface area contributed by atoms with Crippen molar-refractivity contribution in [1.29, 1.82) is 0 Å². The van der Waals surface area contributed by atoms with Crippen LogP contribution in [-0.4, -0.2) is 31.7 Å². The lowest BCUT2D eigenvalue weighted by Crippen LogP contribution is -2.31. The number of hydrogen-bond acceptors (Lipinski definition) is 4. The number of amides is 3. The minimum absolute atomic E-state index is 0.155. The number of urea groups is 1. The van der Waals surface area contributed by atoms with Crippen LogP contribution in [0.5, 0.6) is 11.5 Å². The number of ether oxygens (including phenoxy) is 2. The summed E-state index contributed by atoms with van der Waals surface area (Å²) in [5, 5.41) is 8.11.